The van der Waals surface area contributed by atoms with E-state index in [1.165, 1.54) is 6.07 Å². The summed E-state index contributed by atoms with van der Waals surface area (Å²) < 4.78 is 94.5. The third-order valence-corrected chi connectivity index (χ3v) is 10.8. The third-order valence-electron chi connectivity index (χ3n) is 10.8. The molecule has 0 bridgehead atoms. The largest absolute Gasteiger partial charge is 0.460 e. The molecule has 1 atom stereocenters. The molecule has 1 saturated heterocycles. The van der Waals surface area contributed by atoms with Gasteiger partial charge in [-0.05, 0) is 124 Å². The van der Waals surface area contributed by atoms with E-state index in [-0.39, 0.29) is 46.9 Å². The Morgan fingerprint density at radius 2 is 1.56 bits per heavy atom. The highest BCUT2D eigenvalue weighted by Gasteiger charge is 2.75. The molecule has 57 heavy (non-hydrogen) atoms. The second kappa shape index (κ2) is 16.8. The Bertz CT molecular complexity index is 2070. The number of imidazole rings is 1. The number of halogens is 7. The fraction of sp³-hybridized carbons (Fsp3) is 0.450. The normalized spacial score (nSPS) is 18.9. The minimum absolute atomic E-state index is 0.0185. The molecule has 1 saturated carbocycles. The first-order valence-corrected chi connectivity index (χ1v) is 18.8. The number of aromatic amines is 1. The van der Waals surface area contributed by atoms with Gasteiger partial charge in [0, 0.05) is 29.6 Å². The Balaban J connectivity index is 1.18. The van der Waals surface area contributed by atoms with E-state index < -0.39 is 35.8 Å². The first-order valence-electron chi connectivity index (χ1n) is 18.8. The summed E-state index contributed by atoms with van der Waals surface area (Å²) in [6, 6.07) is 15.2. The van der Waals surface area contributed by atoms with Crippen LogP contribution in [0.2, 0.25) is 0 Å². The minimum Gasteiger partial charge on any atom is -0.349 e. The van der Waals surface area contributed by atoms with E-state index >= 15 is 0 Å². The number of amides is 3. The van der Waals surface area contributed by atoms with E-state index in [4.69, 9.17) is 5.73 Å². The number of H-pyrrole nitrogens is 1. The first-order chi connectivity index (χ1) is 27.0. The van der Waals surface area contributed by atoms with Crippen molar-refractivity contribution < 1.29 is 45.1 Å². The number of aromatic nitrogens is 2. The molecule has 4 aromatic rings. The van der Waals surface area contributed by atoms with Crippen LogP contribution in [0.1, 0.15) is 65.8 Å². The molecule has 7 N–H and O–H groups in total. The Morgan fingerprint density at radius 3 is 2.19 bits per heavy atom. The number of aryl methyl sites for hydroxylation is 1. The lowest BCUT2D eigenvalue weighted by Gasteiger charge is -2.28. The molecule has 1 aromatic heterocycles. The molecule has 306 valence electrons. The summed E-state index contributed by atoms with van der Waals surface area (Å²) in [5.41, 5.74) is 8.99. The molecule has 10 nitrogen and oxygen atoms in total. The van der Waals surface area contributed by atoms with Crippen molar-refractivity contribution in [2.45, 2.75) is 82.0 Å². The number of nitrogens with two attached hydrogens (primary N) is 1. The number of alkyl halides is 7. The van der Waals surface area contributed by atoms with Crippen molar-refractivity contribution >= 4 is 34.4 Å². The second-order valence-corrected chi connectivity index (χ2v) is 14.9. The highest BCUT2D eigenvalue weighted by molar-refractivity contribution is 5.99. The topological polar surface area (TPSA) is 154 Å². The smallest absolute Gasteiger partial charge is 0.349 e. The molecule has 1 aliphatic carbocycles. The van der Waals surface area contributed by atoms with Gasteiger partial charge >= 0.3 is 18.0 Å². The van der Waals surface area contributed by atoms with Crippen LogP contribution in [-0.2, 0) is 21.9 Å². The van der Waals surface area contributed by atoms with E-state index in [9.17, 15) is 45.1 Å². The van der Waals surface area contributed by atoms with Gasteiger partial charge in [0.05, 0.1) is 11.0 Å². The Hall–Kier alpha value is -5.03. The summed E-state index contributed by atoms with van der Waals surface area (Å²) in [5.74, 6) is -15.2. The SMILES string of the molecule is Cc1cc(C(=O)NC2CCNCC2)ccc1-c1ccc(C[C@H](NC(=O)[C@H]2CC[C@H](CN)CC2)C(=O)Nc2ccc3nc(C(F)(F)C(F)(F)C(F)(F)F)[nH]c3c2)cc1. The van der Waals surface area contributed by atoms with Crippen molar-refractivity contribution in [2.24, 2.45) is 17.6 Å². The minimum atomic E-state index is -6.55. The lowest BCUT2D eigenvalue weighted by molar-refractivity contribution is -0.361. The maximum Gasteiger partial charge on any atom is 0.460 e. The van der Waals surface area contributed by atoms with E-state index in [0.717, 1.165) is 67.6 Å². The maximum atomic E-state index is 14.4. The lowest BCUT2D eigenvalue weighted by atomic mass is 9.81. The number of anilines is 1. The molecule has 6 rings (SSSR count). The predicted molar refractivity (Wildman–Crippen MR) is 200 cm³/mol. The number of nitrogens with zero attached hydrogens (tertiary/aromatic N) is 1. The number of rotatable bonds is 12. The van der Waals surface area contributed by atoms with E-state index in [2.05, 4.69) is 26.3 Å². The van der Waals surface area contributed by atoms with Crippen LogP contribution in [0.3, 0.4) is 0 Å². The summed E-state index contributed by atoms with van der Waals surface area (Å²) in [6.07, 6.45) is -2.08. The summed E-state index contributed by atoms with van der Waals surface area (Å²) >= 11 is 0. The van der Waals surface area contributed by atoms with Crippen LogP contribution in [0.5, 0.6) is 0 Å². The molecule has 2 fully saturated rings. The number of fused-ring (bicyclic) bond motifs is 1. The van der Waals surface area contributed by atoms with Crippen LogP contribution in [0, 0.1) is 18.8 Å². The van der Waals surface area contributed by atoms with Crippen molar-refractivity contribution in [2.75, 3.05) is 25.0 Å². The number of nitrogens with one attached hydrogen (secondary N) is 5. The number of carbonyl (C=O) groups excluding carboxylic acids is 3. The summed E-state index contributed by atoms with van der Waals surface area (Å²) in [6.45, 7) is 4.13. The highest BCUT2D eigenvalue weighted by atomic mass is 19.4. The summed E-state index contributed by atoms with van der Waals surface area (Å²) in [4.78, 5) is 45.2. The van der Waals surface area contributed by atoms with E-state index in [1.807, 2.05) is 36.2 Å². The molecule has 2 heterocycles. The van der Waals surface area contributed by atoms with E-state index in [1.54, 1.807) is 18.2 Å². The van der Waals surface area contributed by atoms with Gasteiger partial charge in [-0.2, -0.15) is 30.7 Å². The predicted octanol–water partition coefficient (Wildman–Crippen LogP) is 6.74. The molecule has 3 amide bonds. The quantitative estimate of drug-likeness (QED) is 0.0873. The van der Waals surface area contributed by atoms with Gasteiger partial charge in [-0.1, -0.05) is 30.3 Å². The number of carbonyl (C=O) groups is 3. The van der Waals surface area contributed by atoms with Crippen LogP contribution in [0.4, 0.5) is 36.4 Å². The van der Waals surface area contributed by atoms with Crippen LogP contribution in [-0.4, -0.2) is 71.5 Å². The Morgan fingerprint density at radius 1 is 0.877 bits per heavy atom. The molecule has 0 spiro atoms. The van der Waals surface area contributed by atoms with Crippen molar-refractivity contribution in [3.8, 4) is 11.1 Å². The first kappa shape index (κ1) is 41.6. The number of hydrogen-bond acceptors (Lipinski definition) is 6. The van der Waals surface area contributed by atoms with Crippen LogP contribution in [0.15, 0.2) is 60.7 Å². The van der Waals surface area contributed by atoms with E-state index in [0.29, 0.717) is 36.4 Å². The average molecular weight is 804 g/mol. The van der Waals surface area contributed by atoms with Crippen molar-refractivity contribution in [3.63, 3.8) is 0 Å². The lowest BCUT2D eigenvalue weighted by Crippen LogP contribution is -2.50. The molecule has 0 unspecified atom stereocenters. The average Bonchev–Trinajstić information content (AvgIpc) is 3.62. The second-order valence-electron chi connectivity index (χ2n) is 14.9. The van der Waals surface area contributed by atoms with Crippen molar-refractivity contribution in [1.82, 2.24) is 25.9 Å². The molecular weight excluding hydrogens is 759 g/mol. The zero-order valence-electron chi connectivity index (χ0n) is 31.0. The highest BCUT2D eigenvalue weighted by Crippen LogP contribution is 2.51. The van der Waals surface area contributed by atoms with Crippen LogP contribution >= 0.6 is 0 Å². The third kappa shape index (κ3) is 9.25. The van der Waals surface area contributed by atoms with Gasteiger partial charge in [-0.15, -0.1) is 0 Å². The van der Waals surface area contributed by atoms with Gasteiger partial charge in [-0.25, -0.2) is 4.98 Å². The van der Waals surface area contributed by atoms with Crippen LogP contribution in [0.25, 0.3) is 22.2 Å². The number of hydrogen-bond donors (Lipinski definition) is 6. The zero-order chi connectivity index (χ0) is 41.1. The number of piperidine rings is 1. The molecule has 1 aliphatic heterocycles. The Labute approximate surface area is 323 Å². The fourth-order valence-corrected chi connectivity index (χ4v) is 7.37. The van der Waals surface area contributed by atoms with Gasteiger partial charge in [0.15, 0.2) is 5.82 Å². The molecule has 2 aliphatic rings. The Kier molecular flexibility index (Phi) is 12.3. The fourth-order valence-electron chi connectivity index (χ4n) is 7.37. The van der Waals surface area contributed by atoms with Crippen molar-refractivity contribution in [3.05, 3.63) is 83.2 Å². The monoisotopic (exact) mass is 803 g/mol. The summed E-state index contributed by atoms with van der Waals surface area (Å²) in [7, 11) is 0. The number of benzene rings is 3. The molecule has 3 aromatic carbocycles. The molecule has 17 heteroatoms. The van der Waals surface area contributed by atoms with Crippen molar-refractivity contribution in [1.29, 1.82) is 0 Å². The van der Waals surface area contributed by atoms with Gasteiger partial charge in [0.2, 0.25) is 11.8 Å². The summed E-state index contributed by atoms with van der Waals surface area (Å²) in [5, 5.41) is 11.8. The standard InChI is InChI=1S/C40H44F7N7O3/c1-22-18-27(35(56)50-28-14-16-49-17-15-28)10-12-30(22)25-6-2-23(3-7-25)19-33(52-34(55)26-8-4-24(21-48)5-9-26)36(57)51-29-11-13-31-32(20-29)54-37(53-31)38(41,42)39(43,44)40(45,46)47/h2-3,6-7,10-13,18,20,24,26,28,33,49H,4-5,8-9,14-17,19,21,48H2,1H3,(H,50,56)(H,51,57)(H,52,55)(H,53,54)/t24-,26-,33-/m0/s1. The molecule has 0 radical (unpaired) electrons. The maximum absolute atomic E-state index is 14.4. The van der Waals surface area contributed by atoms with Gasteiger partial charge in [0.25, 0.3) is 5.91 Å². The van der Waals surface area contributed by atoms with Gasteiger partial charge in [0.1, 0.15) is 6.04 Å². The molecular formula is C40H44F7N7O3. The van der Waals surface area contributed by atoms with Gasteiger partial charge in [-0.3, -0.25) is 14.4 Å². The zero-order valence-corrected chi connectivity index (χ0v) is 31.0. The van der Waals surface area contributed by atoms with Crippen LogP contribution < -0.4 is 27.0 Å². The van der Waals surface area contributed by atoms with Gasteiger partial charge < -0.3 is 32.0 Å².